The molecule has 5 heteroatoms. The molecule has 5 nitrogen and oxygen atoms in total. The zero-order chi connectivity index (χ0) is 20.1. The van der Waals surface area contributed by atoms with E-state index < -0.39 is 16.9 Å². The average molecular weight is 384 g/mol. The van der Waals surface area contributed by atoms with Crippen LogP contribution in [0.3, 0.4) is 0 Å². The van der Waals surface area contributed by atoms with Crippen LogP contribution >= 0.6 is 0 Å². The summed E-state index contributed by atoms with van der Waals surface area (Å²) in [4.78, 5) is 12.0. The van der Waals surface area contributed by atoms with Gasteiger partial charge < -0.3 is 20.1 Å². The number of nitrogens with two attached hydrogens (primary N) is 1. The highest BCUT2D eigenvalue weighted by molar-refractivity contribution is 5.97. The zero-order valence-electron chi connectivity index (χ0n) is 17.1. The molecule has 0 radical (unpaired) electrons. The third-order valence-corrected chi connectivity index (χ3v) is 8.12. The summed E-state index contributed by atoms with van der Waals surface area (Å²) < 4.78 is 7.17. The van der Waals surface area contributed by atoms with Gasteiger partial charge in [-0.3, -0.25) is 4.79 Å². The first kappa shape index (κ1) is 18.2. The molecule has 4 aliphatic rings. The molecule has 1 amide bonds. The Labute approximate surface area is 166 Å². The molecule has 3 N–H and O–H groups in total. The van der Waals surface area contributed by atoms with E-state index in [-0.39, 0.29) is 12.1 Å². The van der Waals surface area contributed by atoms with Crippen molar-refractivity contribution in [3.8, 4) is 5.75 Å². The highest BCUT2D eigenvalue weighted by Crippen LogP contribution is 2.62. The molecule has 28 heavy (non-hydrogen) atoms. The van der Waals surface area contributed by atoms with Gasteiger partial charge in [0.25, 0.3) is 5.91 Å². The van der Waals surface area contributed by atoms with Gasteiger partial charge in [0.1, 0.15) is 23.5 Å². The highest BCUT2D eigenvalue weighted by Gasteiger charge is 2.70. The van der Waals surface area contributed by atoms with Crippen LogP contribution in [0.4, 0.5) is 0 Å². The minimum Gasteiger partial charge on any atom is -0.484 e. The Balaban J connectivity index is 1.72. The van der Waals surface area contributed by atoms with Crippen LogP contribution in [0.1, 0.15) is 54.1 Å². The average Bonchev–Trinajstić information content (AvgIpc) is 3.35. The van der Waals surface area contributed by atoms with E-state index in [2.05, 4.69) is 27.6 Å². The van der Waals surface area contributed by atoms with E-state index in [9.17, 15) is 9.90 Å². The molecule has 1 aromatic rings. The fraction of sp³-hybridized carbons (Fsp3) is 0.609. The van der Waals surface area contributed by atoms with Crippen LogP contribution in [0.2, 0.25) is 0 Å². The minimum atomic E-state index is -0.911. The van der Waals surface area contributed by atoms with Gasteiger partial charge in [-0.2, -0.15) is 0 Å². The number of quaternary nitrogens is 1. The van der Waals surface area contributed by atoms with E-state index >= 15 is 0 Å². The molecule has 1 heterocycles. The van der Waals surface area contributed by atoms with Crippen LogP contribution in [0.5, 0.6) is 5.75 Å². The lowest BCUT2D eigenvalue weighted by Crippen LogP contribution is -2.74. The lowest BCUT2D eigenvalue weighted by molar-refractivity contribution is -0.925. The number of hydrogen-bond donors (Lipinski definition) is 2. The quantitative estimate of drug-likeness (QED) is 0.619. The molecule has 1 aliphatic heterocycles. The zero-order valence-corrected chi connectivity index (χ0v) is 17.1. The Morgan fingerprint density at radius 1 is 1.39 bits per heavy atom. The van der Waals surface area contributed by atoms with Crippen LogP contribution in [-0.2, 0) is 11.8 Å². The standard InChI is InChI=1S/C23H30N2O3/c1-13-9-10-23(27)17(25(3,4)12-14-5-6-14)11-15-7-8-16(21(24)26)19-18(15)22(23,2)20(13)28-19/h7-8,14,17,20,27H,1,5-6,9-12H2,2-4H3,(H-,24,26)/p+1/t17-,20+,22?,23-/m1/s1. The molecule has 5 rings (SSSR count). The topological polar surface area (TPSA) is 72.5 Å². The number of rotatable bonds is 4. The summed E-state index contributed by atoms with van der Waals surface area (Å²) in [5.41, 5.74) is 7.69. The molecule has 4 atom stereocenters. The normalized spacial score (nSPS) is 36.1. The predicted octanol–water partition coefficient (Wildman–Crippen LogP) is 2.30. The number of carbonyl (C=O) groups is 1. The second-order valence-corrected chi connectivity index (χ2v) is 10.2. The number of primary amides is 1. The SMILES string of the molecule is C=C1CC[C@@]2(O)[C@H]([N+](C)(C)CC3CC3)Cc3ccc(C(N)=O)c4c3C2(C)[C@H]1O4. The largest absolute Gasteiger partial charge is 0.484 e. The third kappa shape index (κ3) is 2.12. The minimum absolute atomic E-state index is 0.0789. The third-order valence-electron chi connectivity index (χ3n) is 8.12. The predicted molar refractivity (Wildman–Crippen MR) is 107 cm³/mol. The number of ether oxygens (including phenoxy) is 1. The van der Waals surface area contributed by atoms with E-state index in [0.717, 1.165) is 40.9 Å². The monoisotopic (exact) mass is 383 g/mol. The summed E-state index contributed by atoms with van der Waals surface area (Å²) >= 11 is 0. The molecule has 1 aromatic carbocycles. The molecule has 1 unspecified atom stereocenters. The van der Waals surface area contributed by atoms with E-state index in [4.69, 9.17) is 10.5 Å². The van der Waals surface area contributed by atoms with Gasteiger partial charge in [0.05, 0.1) is 31.6 Å². The van der Waals surface area contributed by atoms with Gasteiger partial charge in [-0.05, 0) is 49.8 Å². The van der Waals surface area contributed by atoms with Crippen LogP contribution in [0.25, 0.3) is 0 Å². The summed E-state index contributed by atoms with van der Waals surface area (Å²) in [6.45, 7) is 7.48. The van der Waals surface area contributed by atoms with E-state index in [1.165, 1.54) is 18.4 Å². The van der Waals surface area contributed by atoms with Gasteiger partial charge in [0.2, 0.25) is 0 Å². The second-order valence-electron chi connectivity index (χ2n) is 10.2. The first-order valence-electron chi connectivity index (χ1n) is 10.4. The maximum Gasteiger partial charge on any atom is 0.252 e. The van der Waals surface area contributed by atoms with Crippen molar-refractivity contribution in [2.75, 3.05) is 20.6 Å². The summed E-state index contributed by atoms with van der Waals surface area (Å²) in [7, 11) is 4.53. The Hall–Kier alpha value is -1.85. The molecule has 150 valence electrons. The van der Waals surface area contributed by atoms with E-state index in [1.807, 2.05) is 6.07 Å². The van der Waals surface area contributed by atoms with Gasteiger partial charge in [0, 0.05) is 17.9 Å². The number of aliphatic hydroxyl groups is 1. The molecule has 0 saturated heterocycles. The van der Waals surface area contributed by atoms with Crippen LogP contribution in [-0.4, -0.2) is 53.9 Å². The Kier molecular flexibility index (Phi) is 3.50. The van der Waals surface area contributed by atoms with Crippen molar-refractivity contribution < 1.29 is 19.1 Å². The van der Waals surface area contributed by atoms with Crippen LogP contribution in [0.15, 0.2) is 24.3 Å². The molecule has 3 aliphatic carbocycles. The van der Waals surface area contributed by atoms with Crippen molar-refractivity contribution in [1.29, 1.82) is 0 Å². The van der Waals surface area contributed by atoms with Crippen molar-refractivity contribution in [3.63, 3.8) is 0 Å². The van der Waals surface area contributed by atoms with Crippen LogP contribution in [0, 0.1) is 5.92 Å². The number of likely N-dealkylation sites (N-methyl/N-ethyl adjacent to an activating group) is 1. The molecular formula is C23H31N2O3+. The fourth-order valence-corrected chi connectivity index (χ4v) is 6.53. The molecule has 2 saturated carbocycles. The maximum absolute atomic E-state index is 12.3. The van der Waals surface area contributed by atoms with Gasteiger partial charge in [0.15, 0.2) is 0 Å². The number of benzene rings is 1. The summed E-state index contributed by atoms with van der Waals surface area (Å²) in [6.07, 6.45) is 4.50. The van der Waals surface area contributed by atoms with Gasteiger partial charge in [-0.25, -0.2) is 0 Å². The fourth-order valence-electron chi connectivity index (χ4n) is 6.53. The van der Waals surface area contributed by atoms with Gasteiger partial charge in [-0.15, -0.1) is 0 Å². The molecule has 0 spiro atoms. The van der Waals surface area contributed by atoms with Crippen molar-refractivity contribution in [3.05, 3.63) is 41.0 Å². The maximum atomic E-state index is 12.3. The molecular weight excluding hydrogens is 352 g/mol. The van der Waals surface area contributed by atoms with Gasteiger partial charge >= 0.3 is 0 Å². The second kappa shape index (κ2) is 5.39. The first-order chi connectivity index (χ1) is 13.1. The Bertz CT molecular complexity index is 903. The smallest absolute Gasteiger partial charge is 0.252 e. The summed E-state index contributed by atoms with van der Waals surface area (Å²) in [5, 5.41) is 12.3. The summed E-state index contributed by atoms with van der Waals surface area (Å²) in [5.74, 6) is 0.862. The first-order valence-corrected chi connectivity index (χ1v) is 10.4. The van der Waals surface area contributed by atoms with Crippen molar-refractivity contribution in [2.45, 2.75) is 62.2 Å². The summed E-state index contributed by atoms with van der Waals surface area (Å²) in [6, 6.07) is 3.90. The number of amides is 1. The lowest BCUT2D eigenvalue weighted by Gasteiger charge is -2.59. The number of carbonyl (C=O) groups excluding carboxylic acids is 1. The number of hydrogen-bond acceptors (Lipinski definition) is 3. The molecule has 2 fully saturated rings. The van der Waals surface area contributed by atoms with E-state index in [0.29, 0.717) is 17.7 Å². The van der Waals surface area contributed by atoms with Crippen molar-refractivity contribution >= 4 is 5.91 Å². The Morgan fingerprint density at radius 3 is 2.75 bits per heavy atom. The van der Waals surface area contributed by atoms with E-state index in [1.54, 1.807) is 6.07 Å². The van der Waals surface area contributed by atoms with Crippen LogP contribution < -0.4 is 10.5 Å². The molecule has 0 aromatic heterocycles. The highest BCUT2D eigenvalue weighted by atomic mass is 16.5. The van der Waals surface area contributed by atoms with Crippen molar-refractivity contribution in [2.24, 2.45) is 11.7 Å². The van der Waals surface area contributed by atoms with Crippen molar-refractivity contribution in [1.82, 2.24) is 0 Å². The Morgan fingerprint density at radius 2 is 2.11 bits per heavy atom. The van der Waals surface area contributed by atoms with Gasteiger partial charge in [-0.1, -0.05) is 12.6 Å². The lowest BCUT2D eigenvalue weighted by atomic mass is 9.52. The molecule has 0 bridgehead atoms. The number of nitrogens with zero attached hydrogens (tertiary/aromatic N) is 1.